The predicted octanol–water partition coefficient (Wildman–Crippen LogP) is -2.27. The summed E-state index contributed by atoms with van der Waals surface area (Å²) in [5, 5.41) is 28.9. The smallest absolute Gasteiger partial charge is 0.278 e. The summed E-state index contributed by atoms with van der Waals surface area (Å²) in [7, 11) is 0. The van der Waals surface area contributed by atoms with E-state index in [1.807, 2.05) is 0 Å². The van der Waals surface area contributed by atoms with Crippen LogP contribution in [0, 0.1) is 0 Å². The van der Waals surface area contributed by atoms with Crippen molar-refractivity contribution in [3.8, 4) is 0 Å². The number of imidazole rings is 1. The zero-order chi connectivity index (χ0) is 14.4. The van der Waals surface area contributed by atoms with Gasteiger partial charge in [0, 0.05) is 0 Å². The minimum absolute atomic E-state index is 0.0626. The molecule has 1 unspecified atom stereocenters. The second-order valence-electron chi connectivity index (χ2n) is 4.18. The van der Waals surface area contributed by atoms with Gasteiger partial charge in [-0.1, -0.05) is 0 Å². The van der Waals surface area contributed by atoms with Crippen molar-refractivity contribution in [2.24, 2.45) is 0 Å². The molecule has 2 aromatic rings. The number of aliphatic hydroxyl groups excluding tert-OH is 3. The Kier molecular flexibility index (Phi) is 2.55. The van der Waals surface area contributed by atoms with Crippen molar-refractivity contribution in [1.82, 2.24) is 19.5 Å². The van der Waals surface area contributed by atoms with E-state index in [0.29, 0.717) is 0 Å². The number of aromatic nitrogens is 4. The zero-order valence-electron chi connectivity index (χ0n) is 10.5. The van der Waals surface area contributed by atoms with Crippen LogP contribution in [-0.2, 0) is 4.74 Å². The topological polar surface area (TPSA) is 133 Å². The Morgan fingerprint density at radius 3 is 2.95 bits per heavy atom. The average Bonchev–Trinajstić information content (AvgIpc) is 2.94. The summed E-state index contributed by atoms with van der Waals surface area (Å²) in [4.78, 5) is 21.7. The SMILES string of the molecule is [3H]C(O)[C@H]1O[C@@H](n2cnc3c(=O)[nH]cnc32)[C@H](O)[C@@H]1O. The lowest BCUT2D eigenvalue weighted by Crippen LogP contribution is -2.33. The van der Waals surface area contributed by atoms with Gasteiger partial charge in [-0.3, -0.25) is 9.36 Å². The van der Waals surface area contributed by atoms with E-state index >= 15 is 0 Å². The maximum Gasteiger partial charge on any atom is 0.278 e. The highest BCUT2D eigenvalue weighted by molar-refractivity contribution is 5.68. The number of hydrogen-bond donors (Lipinski definition) is 4. The van der Waals surface area contributed by atoms with Crippen molar-refractivity contribution >= 4 is 11.2 Å². The van der Waals surface area contributed by atoms with E-state index in [1.54, 1.807) is 0 Å². The molecule has 1 fully saturated rings. The summed E-state index contributed by atoms with van der Waals surface area (Å²) in [6.07, 6.45) is -2.72. The van der Waals surface area contributed by atoms with Crippen LogP contribution in [0.2, 0.25) is 0 Å². The number of hydrogen-bond acceptors (Lipinski definition) is 7. The second-order valence-corrected chi connectivity index (χ2v) is 4.18. The Bertz CT molecular complexity index is 686. The van der Waals surface area contributed by atoms with E-state index in [4.69, 9.17) is 6.11 Å². The van der Waals surface area contributed by atoms with Gasteiger partial charge in [0.25, 0.3) is 5.56 Å². The highest BCUT2D eigenvalue weighted by atomic mass is 16.6. The Balaban J connectivity index is 2.04. The minimum atomic E-state index is -1.70. The molecule has 9 heteroatoms. The van der Waals surface area contributed by atoms with Crippen molar-refractivity contribution in [2.45, 2.75) is 24.5 Å². The Hall–Kier alpha value is -1.81. The number of rotatable bonds is 2. The maximum atomic E-state index is 11.5. The van der Waals surface area contributed by atoms with Gasteiger partial charge in [-0.05, 0) is 0 Å². The molecule has 1 saturated heterocycles. The summed E-state index contributed by atoms with van der Waals surface area (Å²) in [6, 6.07) is 0. The maximum absolute atomic E-state index is 11.5. The van der Waals surface area contributed by atoms with Gasteiger partial charge >= 0.3 is 0 Å². The largest absolute Gasteiger partial charge is 0.394 e. The van der Waals surface area contributed by atoms with Gasteiger partial charge in [-0.2, -0.15) is 0 Å². The van der Waals surface area contributed by atoms with Crippen LogP contribution < -0.4 is 5.56 Å². The Morgan fingerprint density at radius 1 is 1.47 bits per heavy atom. The van der Waals surface area contributed by atoms with Gasteiger partial charge < -0.3 is 25.0 Å². The van der Waals surface area contributed by atoms with Crippen LogP contribution in [0.4, 0.5) is 0 Å². The highest BCUT2D eigenvalue weighted by Gasteiger charge is 2.43. The normalized spacial score (nSPS) is 33.5. The van der Waals surface area contributed by atoms with Gasteiger partial charge in [0.15, 0.2) is 17.4 Å². The van der Waals surface area contributed by atoms with Crippen molar-refractivity contribution < 1.29 is 21.4 Å². The first kappa shape index (κ1) is 11.1. The molecule has 2 aromatic heterocycles. The van der Waals surface area contributed by atoms with E-state index in [2.05, 4.69) is 15.0 Å². The molecule has 0 spiro atoms. The van der Waals surface area contributed by atoms with Gasteiger partial charge in [-0.25, -0.2) is 9.97 Å². The van der Waals surface area contributed by atoms with Crippen LogP contribution in [0.1, 0.15) is 7.60 Å². The molecule has 19 heavy (non-hydrogen) atoms. The molecule has 1 aliphatic heterocycles. The fraction of sp³-hybridized carbons (Fsp3) is 0.500. The molecule has 0 radical (unpaired) electrons. The van der Waals surface area contributed by atoms with Gasteiger partial charge in [0.2, 0.25) is 0 Å². The number of fused-ring (bicyclic) bond motifs is 1. The summed E-state index contributed by atoms with van der Waals surface area (Å²) in [6.45, 7) is -1.70. The van der Waals surface area contributed by atoms with E-state index in [9.17, 15) is 20.1 Å². The molecule has 0 aliphatic carbocycles. The van der Waals surface area contributed by atoms with E-state index < -0.39 is 36.7 Å². The van der Waals surface area contributed by atoms with Gasteiger partial charge in [0.05, 0.1) is 20.6 Å². The monoisotopic (exact) mass is 270 g/mol. The third kappa shape index (κ3) is 1.75. The van der Waals surface area contributed by atoms with Crippen LogP contribution in [0.3, 0.4) is 0 Å². The third-order valence-electron chi connectivity index (χ3n) is 3.06. The molecule has 5 atom stereocenters. The summed E-state index contributed by atoms with van der Waals surface area (Å²) in [5.41, 5.74) is -0.211. The molecule has 9 nitrogen and oxygen atoms in total. The van der Waals surface area contributed by atoms with Crippen molar-refractivity contribution in [3.05, 3.63) is 23.0 Å². The molecule has 3 heterocycles. The molecular weight excluding hydrogens is 256 g/mol. The van der Waals surface area contributed by atoms with Crippen LogP contribution in [0.25, 0.3) is 11.2 Å². The molecule has 3 rings (SSSR count). The molecule has 0 aromatic carbocycles. The number of ether oxygens (including phenoxy) is 1. The Morgan fingerprint density at radius 2 is 2.26 bits per heavy atom. The second kappa shape index (κ2) is 4.38. The third-order valence-corrected chi connectivity index (χ3v) is 3.06. The molecule has 0 amide bonds. The molecule has 102 valence electrons. The summed E-state index contributed by atoms with van der Waals surface area (Å²) in [5.74, 6) is 0. The lowest BCUT2D eigenvalue weighted by molar-refractivity contribution is -0.0511. The summed E-state index contributed by atoms with van der Waals surface area (Å²) >= 11 is 0. The molecule has 1 aliphatic rings. The molecular formula is C10H12N4O5. The zero-order valence-corrected chi connectivity index (χ0v) is 9.54. The number of H-pyrrole nitrogens is 1. The fourth-order valence-electron chi connectivity index (χ4n) is 2.09. The Labute approximate surface area is 107 Å². The minimum Gasteiger partial charge on any atom is -0.394 e. The van der Waals surface area contributed by atoms with E-state index in [1.165, 1.54) is 17.2 Å². The molecule has 4 N–H and O–H groups in total. The van der Waals surface area contributed by atoms with Crippen LogP contribution >= 0.6 is 0 Å². The van der Waals surface area contributed by atoms with Gasteiger partial charge in [-0.15, -0.1) is 0 Å². The first-order chi connectivity index (χ1) is 9.50. The molecule has 0 saturated carbocycles. The van der Waals surface area contributed by atoms with E-state index in [0.717, 1.165) is 0 Å². The van der Waals surface area contributed by atoms with Crippen molar-refractivity contribution in [2.75, 3.05) is 6.58 Å². The first-order valence-corrected chi connectivity index (χ1v) is 5.53. The number of nitrogens with one attached hydrogen (secondary N) is 1. The average molecular weight is 270 g/mol. The summed E-state index contributed by atoms with van der Waals surface area (Å²) < 4.78 is 13.7. The van der Waals surface area contributed by atoms with Crippen LogP contribution in [0.5, 0.6) is 0 Å². The lowest BCUT2D eigenvalue weighted by Gasteiger charge is -2.16. The number of aliphatic hydroxyl groups is 3. The van der Waals surface area contributed by atoms with Crippen LogP contribution in [0.15, 0.2) is 17.4 Å². The fourth-order valence-corrected chi connectivity index (χ4v) is 2.09. The lowest BCUT2D eigenvalue weighted by atomic mass is 10.1. The number of nitrogens with zero attached hydrogens (tertiary/aromatic N) is 3. The highest BCUT2D eigenvalue weighted by Crippen LogP contribution is 2.30. The molecule has 0 bridgehead atoms. The first-order valence-electron chi connectivity index (χ1n) is 6.10. The number of aromatic amines is 1. The van der Waals surface area contributed by atoms with Gasteiger partial charge in [0.1, 0.15) is 18.3 Å². The van der Waals surface area contributed by atoms with Crippen molar-refractivity contribution in [3.63, 3.8) is 0 Å². The van der Waals surface area contributed by atoms with E-state index in [-0.39, 0.29) is 11.2 Å². The predicted molar refractivity (Wildman–Crippen MR) is 61.2 cm³/mol. The standard InChI is InChI=1S/C10H12N4O5/c15-1-4-6(16)7(17)10(19-4)14-3-13-5-8(14)11-2-12-9(5)18/h2-4,6-7,10,15-17H,1H2,(H,11,12,18)/t4-,6-,7-,10-/m1/s1/i1T/t1?,4-,6-,7-,10-. The quantitative estimate of drug-likeness (QED) is 0.483. The van der Waals surface area contributed by atoms with Crippen molar-refractivity contribution in [1.29, 1.82) is 0 Å². The van der Waals surface area contributed by atoms with Crippen LogP contribution in [-0.4, -0.2) is 59.7 Å².